The minimum absolute atomic E-state index is 0.237. The summed E-state index contributed by atoms with van der Waals surface area (Å²) in [5, 5.41) is 14.9. The summed E-state index contributed by atoms with van der Waals surface area (Å²) in [6, 6.07) is 12.2. The molecule has 1 fully saturated rings. The van der Waals surface area contributed by atoms with E-state index in [0.717, 1.165) is 53.2 Å². The van der Waals surface area contributed by atoms with Crippen LogP contribution in [0.1, 0.15) is 30.2 Å². The molecule has 2 aromatic carbocycles. The monoisotopic (exact) mass is 447 g/mol. The summed E-state index contributed by atoms with van der Waals surface area (Å²) in [7, 11) is 0. The van der Waals surface area contributed by atoms with E-state index in [2.05, 4.69) is 52.8 Å². The van der Waals surface area contributed by atoms with Crippen LogP contribution in [-0.4, -0.2) is 52.0 Å². The fourth-order valence-electron chi connectivity index (χ4n) is 4.50. The van der Waals surface area contributed by atoms with Crippen molar-refractivity contribution in [3.05, 3.63) is 58.8 Å². The molecule has 2 aliphatic heterocycles. The highest BCUT2D eigenvalue weighted by Gasteiger charge is 2.32. The largest absolute Gasteiger partial charge is 0.489 e. The van der Waals surface area contributed by atoms with Crippen molar-refractivity contribution in [1.29, 1.82) is 0 Å². The Morgan fingerprint density at radius 3 is 2.88 bits per heavy atom. The number of carbonyl (C=O) groups is 1. The van der Waals surface area contributed by atoms with E-state index in [4.69, 9.17) is 14.6 Å². The molecule has 0 atom stereocenters. The van der Waals surface area contributed by atoms with Gasteiger partial charge in [-0.05, 0) is 54.8 Å². The zero-order valence-corrected chi connectivity index (χ0v) is 19.1. The van der Waals surface area contributed by atoms with Crippen molar-refractivity contribution in [3.8, 4) is 11.5 Å². The van der Waals surface area contributed by atoms with Crippen LogP contribution in [0.25, 0.3) is 17.0 Å². The molecule has 1 aromatic heterocycles. The number of hydrogen-bond donors (Lipinski definition) is 1. The smallest absolute Gasteiger partial charge is 0.309 e. The number of fused-ring (bicyclic) bond motifs is 2. The maximum absolute atomic E-state index is 11.0. The SMILES string of the molecule is CCCn1nc2ccc(COc3ccc4c(c3)OCC(CN3CC(C(=O)O)C3)=C4)cc2c1C. The van der Waals surface area contributed by atoms with E-state index in [1.54, 1.807) is 0 Å². The lowest BCUT2D eigenvalue weighted by atomic mass is 9.98. The second-order valence-corrected chi connectivity index (χ2v) is 8.97. The maximum Gasteiger partial charge on any atom is 0.309 e. The van der Waals surface area contributed by atoms with E-state index in [0.29, 0.717) is 26.3 Å². The molecule has 1 saturated heterocycles. The van der Waals surface area contributed by atoms with Gasteiger partial charge in [-0.15, -0.1) is 0 Å². The molecule has 0 unspecified atom stereocenters. The third-order valence-electron chi connectivity index (χ3n) is 6.40. The average molecular weight is 448 g/mol. The molecule has 0 aliphatic carbocycles. The van der Waals surface area contributed by atoms with Crippen molar-refractivity contribution >= 4 is 22.9 Å². The van der Waals surface area contributed by atoms with Crippen LogP contribution in [0.2, 0.25) is 0 Å². The molecule has 7 heteroatoms. The highest BCUT2D eigenvalue weighted by Crippen LogP contribution is 2.32. The minimum Gasteiger partial charge on any atom is -0.489 e. The summed E-state index contributed by atoms with van der Waals surface area (Å²) in [5.74, 6) is 0.644. The molecule has 0 amide bonds. The number of aliphatic carboxylic acids is 1. The quantitative estimate of drug-likeness (QED) is 0.560. The summed E-state index contributed by atoms with van der Waals surface area (Å²) < 4.78 is 14.1. The van der Waals surface area contributed by atoms with E-state index in [9.17, 15) is 4.79 Å². The van der Waals surface area contributed by atoms with Crippen molar-refractivity contribution in [2.75, 3.05) is 26.2 Å². The standard InChI is InChI=1S/C26H29N3O4/c1-3-8-29-17(2)23-10-18(4-7-24(23)27-29)15-32-22-6-5-20-9-19(16-33-25(20)11-22)12-28-13-21(14-28)26(30)31/h4-7,9-11,21H,3,8,12-16H2,1-2H3,(H,30,31). The van der Waals surface area contributed by atoms with Crippen LogP contribution >= 0.6 is 0 Å². The van der Waals surface area contributed by atoms with Crippen LogP contribution in [0, 0.1) is 12.8 Å². The number of likely N-dealkylation sites (tertiary alicyclic amines) is 1. The molecule has 5 rings (SSSR count). The first-order chi connectivity index (χ1) is 16.0. The number of benzene rings is 2. The molecule has 0 spiro atoms. The maximum atomic E-state index is 11.0. The van der Waals surface area contributed by atoms with Crippen LogP contribution < -0.4 is 9.47 Å². The van der Waals surface area contributed by atoms with Crippen molar-refractivity contribution in [2.45, 2.75) is 33.4 Å². The van der Waals surface area contributed by atoms with E-state index < -0.39 is 5.97 Å². The van der Waals surface area contributed by atoms with E-state index in [1.165, 1.54) is 11.1 Å². The lowest BCUT2D eigenvalue weighted by Gasteiger charge is -2.37. The zero-order valence-electron chi connectivity index (χ0n) is 19.1. The van der Waals surface area contributed by atoms with E-state index in [1.807, 2.05) is 18.2 Å². The molecular formula is C26H29N3O4. The number of carboxylic acids is 1. The second-order valence-electron chi connectivity index (χ2n) is 8.97. The number of hydrogen-bond acceptors (Lipinski definition) is 5. The third-order valence-corrected chi connectivity index (χ3v) is 6.40. The third kappa shape index (κ3) is 4.46. The Hall–Kier alpha value is -3.32. The van der Waals surface area contributed by atoms with Gasteiger partial charge in [-0.25, -0.2) is 0 Å². The van der Waals surface area contributed by atoms with Crippen LogP contribution in [-0.2, 0) is 17.9 Å². The molecule has 0 radical (unpaired) electrons. The van der Waals surface area contributed by atoms with Crippen LogP contribution in [0.15, 0.2) is 42.0 Å². The minimum atomic E-state index is -0.709. The molecule has 7 nitrogen and oxygen atoms in total. The Labute approximate surface area is 193 Å². The molecule has 3 aromatic rings. The fourth-order valence-corrected chi connectivity index (χ4v) is 4.50. The van der Waals surface area contributed by atoms with Gasteiger partial charge in [0, 0.05) is 48.9 Å². The number of aryl methyl sites for hydroxylation is 2. The lowest BCUT2D eigenvalue weighted by molar-refractivity contribution is -0.147. The summed E-state index contributed by atoms with van der Waals surface area (Å²) in [6.45, 7) is 8.17. The van der Waals surface area contributed by atoms with Gasteiger partial charge in [-0.1, -0.05) is 13.0 Å². The Kier molecular flexibility index (Phi) is 5.81. The van der Waals surface area contributed by atoms with Gasteiger partial charge < -0.3 is 14.6 Å². The van der Waals surface area contributed by atoms with E-state index >= 15 is 0 Å². The molecule has 2 aliphatic rings. The number of nitrogens with zero attached hydrogens (tertiary/aromatic N) is 3. The van der Waals surface area contributed by atoms with Crippen LogP contribution in [0.4, 0.5) is 0 Å². The predicted molar refractivity (Wildman–Crippen MR) is 127 cm³/mol. The Balaban J connectivity index is 1.22. The fraction of sp³-hybridized carbons (Fsp3) is 0.385. The highest BCUT2D eigenvalue weighted by molar-refractivity contribution is 5.82. The molecule has 0 saturated carbocycles. The van der Waals surface area contributed by atoms with Crippen molar-refractivity contribution in [1.82, 2.24) is 14.7 Å². The molecular weight excluding hydrogens is 418 g/mol. The number of carboxylic acid groups (broad SMARTS) is 1. The number of ether oxygens (including phenoxy) is 2. The van der Waals surface area contributed by atoms with Gasteiger partial charge >= 0.3 is 5.97 Å². The summed E-state index contributed by atoms with van der Waals surface area (Å²) in [5.41, 5.74) is 5.50. The van der Waals surface area contributed by atoms with E-state index in [-0.39, 0.29) is 5.92 Å². The Morgan fingerprint density at radius 1 is 1.24 bits per heavy atom. The summed E-state index contributed by atoms with van der Waals surface area (Å²) in [6.07, 6.45) is 3.20. The van der Waals surface area contributed by atoms with Crippen molar-refractivity contribution < 1.29 is 19.4 Å². The number of rotatable bonds is 8. The first-order valence-corrected chi connectivity index (χ1v) is 11.5. The Bertz CT molecular complexity index is 1220. The number of aromatic nitrogens is 2. The first kappa shape index (κ1) is 21.5. The van der Waals surface area contributed by atoms with Crippen molar-refractivity contribution in [3.63, 3.8) is 0 Å². The van der Waals surface area contributed by atoms with Gasteiger partial charge in [0.2, 0.25) is 0 Å². The predicted octanol–water partition coefficient (Wildman–Crippen LogP) is 4.13. The molecule has 33 heavy (non-hydrogen) atoms. The van der Waals surface area contributed by atoms with Gasteiger partial charge in [0.15, 0.2) is 0 Å². The average Bonchev–Trinajstić information content (AvgIpc) is 3.09. The van der Waals surface area contributed by atoms with Gasteiger partial charge in [0.1, 0.15) is 24.7 Å². The Morgan fingerprint density at radius 2 is 2.09 bits per heavy atom. The second kappa shape index (κ2) is 8.90. The zero-order chi connectivity index (χ0) is 22.9. The van der Waals surface area contributed by atoms with Crippen LogP contribution in [0.5, 0.6) is 11.5 Å². The normalized spacial score (nSPS) is 16.1. The summed E-state index contributed by atoms with van der Waals surface area (Å²) in [4.78, 5) is 13.1. The topological polar surface area (TPSA) is 76.8 Å². The molecule has 1 N–H and O–H groups in total. The van der Waals surface area contributed by atoms with Gasteiger partial charge in [-0.3, -0.25) is 14.4 Å². The molecule has 0 bridgehead atoms. The molecule has 172 valence electrons. The van der Waals surface area contributed by atoms with Gasteiger partial charge in [-0.2, -0.15) is 5.10 Å². The summed E-state index contributed by atoms with van der Waals surface area (Å²) >= 11 is 0. The van der Waals surface area contributed by atoms with Crippen LogP contribution in [0.3, 0.4) is 0 Å². The van der Waals surface area contributed by atoms with Gasteiger partial charge in [0.25, 0.3) is 0 Å². The highest BCUT2D eigenvalue weighted by atomic mass is 16.5. The van der Waals surface area contributed by atoms with Gasteiger partial charge in [0.05, 0.1) is 11.4 Å². The first-order valence-electron chi connectivity index (χ1n) is 11.5. The molecule has 3 heterocycles. The lowest BCUT2D eigenvalue weighted by Crippen LogP contribution is -2.51. The van der Waals surface area contributed by atoms with Crippen molar-refractivity contribution in [2.24, 2.45) is 5.92 Å².